The van der Waals surface area contributed by atoms with Crippen molar-refractivity contribution in [3.63, 3.8) is 0 Å². The molecule has 4 heteroatoms. The van der Waals surface area contributed by atoms with E-state index in [1.165, 1.54) is 5.56 Å². The lowest BCUT2D eigenvalue weighted by Crippen LogP contribution is -2.23. The van der Waals surface area contributed by atoms with Crippen molar-refractivity contribution < 1.29 is 5.11 Å². The second-order valence-corrected chi connectivity index (χ2v) is 4.49. The number of anilines is 2. The van der Waals surface area contributed by atoms with Gasteiger partial charge in [-0.05, 0) is 18.1 Å². The van der Waals surface area contributed by atoms with E-state index in [0.29, 0.717) is 5.69 Å². The summed E-state index contributed by atoms with van der Waals surface area (Å²) in [7, 11) is 4.00. The van der Waals surface area contributed by atoms with Gasteiger partial charge in [-0.2, -0.15) is 0 Å². The van der Waals surface area contributed by atoms with Gasteiger partial charge in [0.05, 0.1) is 11.2 Å². The highest BCUT2D eigenvalue weighted by Gasteiger charge is 2.22. The summed E-state index contributed by atoms with van der Waals surface area (Å²) >= 11 is 0. The van der Waals surface area contributed by atoms with Gasteiger partial charge in [0.25, 0.3) is 0 Å². The van der Waals surface area contributed by atoms with Crippen LogP contribution in [0.15, 0.2) is 12.3 Å². The maximum atomic E-state index is 10.0. The van der Waals surface area contributed by atoms with Crippen molar-refractivity contribution in [1.82, 2.24) is 4.57 Å². The molecule has 3 N–H and O–H groups in total. The van der Waals surface area contributed by atoms with Crippen LogP contribution in [0.5, 0.6) is 5.75 Å². The molecule has 1 aliphatic heterocycles. The molecule has 0 unspecified atom stereocenters. The van der Waals surface area contributed by atoms with Crippen LogP contribution in [0.3, 0.4) is 0 Å². The number of rotatable bonds is 0. The third kappa shape index (κ3) is 0.988. The molecule has 84 valence electrons. The number of likely N-dealkylation sites (N-methyl/N-ethyl adjacent to an activating group) is 1. The predicted molar refractivity (Wildman–Crippen MR) is 66.0 cm³/mol. The first-order chi connectivity index (χ1) is 7.59. The van der Waals surface area contributed by atoms with E-state index in [1.807, 2.05) is 17.7 Å². The molecule has 0 aliphatic carbocycles. The number of aromatic nitrogens is 1. The highest BCUT2D eigenvalue weighted by Crippen LogP contribution is 2.42. The summed E-state index contributed by atoms with van der Waals surface area (Å²) in [5.41, 5.74) is 9.54. The van der Waals surface area contributed by atoms with Crippen LogP contribution in [-0.2, 0) is 13.5 Å². The maximum Gasteiger partial charge on any atom is 0.163 e. The van der Waals surface area contributed by atoms with Gasteiger partial charge in [0.1, 0.15) is 0 Å². The van der Waals surface area contributed by atoms with Crippen LogP contribution in [0.2, 0.25) is 0 Å². The number of aromatic hydroxyl groups is 1. The molecule has 2 aromatic rings. The number of phenolic OH excluding ortho intramolecular Hbond substituents is 1. The maximum absolute atomic E-state index is 10.0. The van der Waals surface area contributed by atoms with Crippen molar-refractivity contribution in [2.75, 3.05) is 24.2 Å². The SMILES string of the molecule is CN1CCc2cn(C)c3c(O)c(N)cc1c23. The standard InChI is InChI=1S/C12H15N3O/c1-14-4-3-7-6-15(2)11-10(7)9(14)5-8(13)12(11)16/h5-6,16H,3-4,13H2,1-2H3. The molecule has 0 bridgehead atoms. The van der Waals surface area contributed by atoms with Gasteiger partial charge in [-0.25, -0.2) is 0 Å². The third-order valence-corrected chi connectivity index (χ3v) is 3.43. The first-order valence-corrected chi connectivity index (χ1v) is 5.40. The van der Waals surface area contributed by atoms with E-state index in [1.54, 1.807) is 0 Å². The van der Waals surface area contributed by atoms with E-state index < -0.39 is 0 Å². The average Bonchev–Trinajstić information content (AvgIpc) is 2.57. The fourth-order valence-corrected chi connectivity index (χ4v) is 2.59. The minimum absolute atomic E-state index is 0.197. The Balaban J connectivity index is 2.52. The van der Waals surface area contributed by atoms with E-state index >= 15 is 0 Å². The van der Waals surface area contributed by atoms with Crippen molar-refractivity contribution in [3.05, 3.63) is 17.8 Å². The van der Waals surface area contributed by atoms with Crippen LogP contribution in [0.4, 0.5) is 11.4 Å². The molecule has 1 aromatic heterocycles. The fraction of sp³-hybridized carbons (Fsp3) is 0.333. The van der Waals surface area contributed by atoms with Crippen LogP contribution in [0.25, 0.3) is 10.9 Å². The summed E-state index contributed by atoms with van der Waals surface area (Å²) in [6, 6.07) is 1.86. The molecule has 0 saturated carbocycles. The van der Waals surface area contributed by atoms with Gasteiger partial charge >= 0.3 is 0 Å². The zero-order valence-electron chi connectivity index (χ0n) is 9.49. The molecular weight excluding hydrogens is 202 g/mol. The zero-order chi connectivity index (χ0) is 11.4. The predicted octanol–water partition coefficient (Wildman–Crippen LogP) is 1.46. The summed E-state index contributed by atoms with van der Waals surface area (Å²) in [6.45, 7) is 0.996. The molecule has 0 saturated heterocycles. The summed E-state index contributed by atoms with van der Waals surface area (Å²) in [4.78, 5) is 2.19. The van der Waals surface area contributed by atoms with Gasteiger partial charge < -0.3 is 20.3 Å². The van der Waals surface area contributed by atoms with Crippen LogP contribution in [0.1, 0.15) is 5.56 Å². The summed E-state index contributed by atoms with van der Waals surface area (Å²) in [6.07, 6.45) is 3.10. The van der Waals surface area contributed by atoms with Crippen molar-refractivity contribution in [2.45, 2.75) is 6.42 Å². The van der Waals surface area contributed by atoms with Gasteiger partial charge in [0, 0.05) is 37.9 Å². The highest BCUT2D eigenvalue weighted by atomic mass is 16.3. The number of nitrogens with two attached hydrogens (primary N) is 1. The Bertz CT molecular complexity index is 586. The zero-order valence-corrected chi connectivity index (χ0v) is 9.49. The number of nitrogen functional groups attached to an aromatic ring is 1. The highest BCUT2D eigenvalue weighted by molar-refractivity contribution is 6.03. The normalized spacial score (nSPS) is 14.8. The topological polar surface area (TPSA) is 54.4 Å². The number of hydrogen-bond donors (Lipinski definition) is 2. The summed E-state index contributed by atoms with van der Waals surface area (Å²) in [5.74, 6) is 0.197. The van der Waals surface area contributed by atoms with Gasteiger partial charge in [0.2, 0.25) is 0 Å². The molecule has 1 aliphatic rings. The number of phenols is 1. The smallest absolute Gasteiger partial charge is 0.163 e. The van der Waals surface area contributed by atoms with Crippen molar-refractivity contribution in [1.29, 1.82) is 0 Å². The van der Waals surface area contributed by atoms with Gasteiger partial charge in [0.15, 0.2) is 5.75 Å². The fourth-order valence-electron chi connectivity index (χ4n) is 2.59. The van der Waals surface area contributed by atoms with Crippen molar-refractivity contribution in [3.8, 4) is 5.75 Å². The minimum Gasteiger partial charge on any atom is -0.504 e. The molecule has 16 heavy (non-hydrogen) atoms. The monoisotopic (exact) mass is 217 g/mol. The quantitative estimate of drug-likeness (QED) is 0.519. The van der Waals surface area contributed by atoms with E-state index in [2.05, 4.69) is 18.1 Å². The number of hydrogen-bond acceptors (Lipinski definition) is 3. The molecule has 0 radical (unpaired) electrons. The Morgan fingerprint density at radius 2 is 2.12 bits per heavy atom. The van der Waals surface area contributed by atoms with Gasteiger partial charge in [-0.15, -0.1) is 0 Å². The van der Waals surface area contributed by atoms with Crippen LogP contribution >= 0.6 is 0 Å². The molecule has 0 spiro atoms. The molecule has 0 atom stereocenters. The Morgan fingerprint density at radius 3 is 2.88 bits per heavy atom. The summed E-state index contributed by atoms with van der Waals surface area (Å²) in [5, 5.41) is 11.2. The lowest BCUT2D eigenvalue weighted by Gasteiger charge is -2.25. The molecule has 0 amide bonds. The van der Waals surface area contributed by atoms with Crippen molar-refractivity contribution >= 4 is 22.3 Å². The van der Waals surface area contributed by atoms with Crippen molar-refractivity contribution in [2.24, 2.45) is 7.05 Å². The molecule has 1 aromatic carbocycles. The van der Waals surface area contributed by atoms with Crippen LogP contribution < -0.4 is 10.6 Å². The van der Waals surface area contributed by atoms with Crippen LogP contribution in [0, 0.1) is 0 Å². The second-order valence-electron chi connectivity index (χ2n) is 4.49. The molecule has 0 fully saturated rings. The Kier molecular flexibility index (Phi) is 1.67. The first kappa shape index (κ1) is 9.39. The van der Waals surface area contributed by atoms with E-state index in [4.69, 9.17) is 5.73 Å². The van der Waals surface area contributed by atoms with E-state index in [0.717, 1.165) is 29.6 Å². The Morgan fingerprint density at radius 1 is 1.38 bits per heavy atom. The molecule has 2 heterocycles. The number of aryl methyl sites for hydroxylation is 1. The second kappa shape index (κ2) is 2.84. The van der Waals surface area contributed by atoms with Gasteiger partial charge in [-0.1, -0.05) is 0 Å². The van der Waals surface area contributed by atoms with E-state index in [-0.39, 0.29) is 5.75 Å². The van der Waals surface area contributed by atoms with Crippen LogP contribution in [-0.4, -0.2) is 23.3 Å². The largest absolute Gasteiger partial charge is 0.504 e. The first-order valence-electron chi connectivity index (χ1n) is 5.40. The summed E-state index contributed by atoms with van der Waals surface area (Å²) < 4.78 is 1.96. The Labute approximate surface area is 93.9 Å². The number of nitrogens with zero attached hydrogens (tertiary/aromatic N) is 2. The number of benzene rings is 1. The lowest BCUT2D eigenvalue weighted by atomic mass is 10.0. The molecule has 4 nitrogen and oxygen atoms in total. The average molecular weight is 217 g/mol. The minimum atomic E-state index is 0.197. The lowest BCUT2D eigenvalue weighted by molar-refractivity contribution is 0.481. The molecular formula is C12H15N3O. The third-order valence-electron chi connectivity index (χ3n) is 3.43. The van der Waals surface area contributed by atoms with Gasteiger partial charge in [-0.3, -0.25) is 0 Å². The van der Waals surface area contributed by atoms with E-state index in [9.17, 15) is 5.11 Å². The Hall–Kier alpha value is -1.84. The molecule has 3 rings (SSSR count).